The number of methoxy groups -OCH3 is 1. The van der Waals surface area contributed by atoms with E-state index in [-0.39, 0.29) is 25.4 Å². The summed E-state index contributed by atoms with van der Waals surface area (Å²) in [6.07, 6.45) is 0.142. The van der Waals surface area contributed by atoms with E-state index in [1.165, 1.54) is 0 Å². The molecular formula is C8H18O4. The summed E-state index contributed by atoms with van der Waals surface area (Å²) in [5, 5.41) is 17.4. The molecule has 0 aromatic heterocycles. The molecule has 12 heavy (non-hydrogen) atoms. The van der Waals surface area contributed by atoms with Gasteiger partial charge in [-0.3, -0.25) is 0 Å². The largest absolute Gasteiger partial charge is 0.396 e. The zero-order valence-electron chi connectivity index (χ0n) is 7.69. The van der Waals surface area contributed by atoms with Crippen molar-refractivity contribution < 1.29 is 19.7 Å². The monoisotopic (exact) mass is 178 g/mol. The van der Waals surface area contributed by atoms with Gasteiger partial charge in [-0.15, -0.1) is 0 Å². The molecule has 4 nitrogen and oxygen atoms in total. The van der Waals surface area contributed by atoms with Crippen molar-refractivity contribution in [3.8, 4) is 0 Å². The van der Waals surface area contributed by atoms with Crippen LogP contribution in [0.4, 0.5) is 0 Å². The first-order chi connectivity index (χ1) is 5.74. The van der Waals surface area contributed by atoms with Crippen LogP contribution in [0, 0.1) is 0 Å². The van der Waals surface area contributed by atoms with E-state index in [1.54, 1.807) is 7.11 Å². The Balaban J connectivity index is 3.53. The molecule has 0 rings (SSSR count). The standard InChI is InChI=1S/C8H18O4/c1-7(6-11-2)12-8(5-10)3-4-9/h7-10H,3-6H2,1-2H3/t7?,8-/m1/s1. The van der Waals surface area contributed by atoms with E-state index in [0.29, 0.717) is 13.0 Å². The molecule has 0 aliphatic rings. The molecular weight excluding hydrogens is 160 g/mol. The summed E-state index contributed by atoms with van der Waals surface area (Å²) < 4.78 is 10.2. The zero-order valence-corrected chi connectivity index (χ0v) is 7.69. The fourth-order valence-electron chi connectivity index (χ4n) is 0.949. The highest BCUT2D eigenvalue weighted by Gasteiger charge is 2.11. The third kappa shape index (κ3) is 5.49. The molecule has 0 aromatic rings. The van der Waals surface area contributed by atoms with E-state index in [4.69, 9.17) is 19.7 Å². The maximum absolute atomic E-state index is 8.80. The van der Waals surface area contributed by atoms with Gasteiger partial charge in [-0.1, -0.05) is 0 Å². The lowest BCUT2D eigenvalue weighted by molar-refractivity contribution is -0.0660. The van der Waals surface area contributed by atoms with Gasteiger partial charge < -0.3 is 19.7 Å². The van der Waals surface area contributed by atoms with Crippen molar-refractivity contribution in [3.05, 3.63) is 0 Å². The molecule has 0 heterocycles. The van der Waals surface area contributed by atoms with E-state index in [0.717, 1.165) is 0 Å². The molecule has 74 valence electrons. The molecule has 0 saturated heterocycles. The van der Waals surface area contributed by atoms with Crippen LogP contribution in [0.25, 0.3) is 0 Å². The van der Waals surface area contributed by atoms with Gasteiger partial charge in [-0.05, 0) is 13.3 Å². The Morgan fingerprint density at radius 3 is 2.42 bits per heavy atom. The number of hydrogen-bond donors (Lipinski definition) is 2. The van der Waals surface area contributed by atoms with Crippen LogP contribution >= 0.6 is 0 Å². The first-order valence-electron chi connectivity index (χ1n) is 4.10. The maximum atomic E-state index is 8.80. The SMILES string of the molecule is COCC(C)O[C@@H](CO)CCO. The second-order valence-corrected chi connectivity index (χ2v) is 2.72. The van der Waals surface area contributed by atoms with Crippen molar-refractivity contribution in [2.24, 2.45) is 0 Å². The van der Waals surface area contributed by atoms with Crippen LogP contribution in [0.15, 0.2) is 0 Å². The van der Waals surface area contributed by atoms with E-state index < -0.39 is 0 Å². The summed E-state index contributed by atoms with van der Waals surface area (Å²) in [5.74, 6) is 0. The summed E-state index contributed by atoms with van der Waals surface area (Å²) >= 11 is 0. The number of aliphatic hydroxyl groups excluding tert-OH is 2. The lowest BCUT2D eigenvalue weighted by Crippen LogP contribution is -2.27. The van der Waals surface area contributed by atoms with Crippen LogP contribution in [0.2, 0.25) is 0 Å². The molecule has 4 heteroatoms. The molecule has 0 amide bonds. The minimum absolute atomic E-state index is 0.0327. The van der Waals surface area contributed by atoms with Crippen LogP contribution in [0.1, 0.15) is 13.3 Å². The van der Waals surface area contributed by atoms with Crippen LogP contribution in [0.5, 0.6) is 0 Å². The molecule has 0 spiro atoms. The smallest absolute Gasteiger partial charge is 0.0832 e. The van der Waals surface area contributed by atoms with Gasteiger partial charge in [0.25, 0.3) is 0 Å². The highest BCUT2D eigenvalue weighted by Crippen LogP contribution is 2.02. The Morgan fingerprint density at radius 2 is 2.00 bits per heavy atom. The molecule has 0 aliphatic heterocycles. The topological polar surface area (TPSA) is 58.9 Å². The molecule has 0 radical (unpaired) electrons. The summed E-state index contributed by atoms with van der Waals surface area (Å²) in [5.41, 5.74) is 0. The Labute approximate surface area is 73.1 Å². The Hall–Kier alpha value is -0.160. The molecule has 0 saturated carbocycles. The van der Waals surface area contributed by atoms with Crippen LogP contribution in [-0.4, -0.2) is 49.4 Å². The van der Waals surface area contributed by atoms with Crippen molar-refractivity contribution in [2.45, 2.75) is 25.6 Å². The van der Waals surface area contributed by atoms with Crippen LogP contribution < -0.4 is 0 Å². The third-order valence-electron chi connectivity index (χ3n) is 1.48. The third-order valence-corrected chi connectivity index (χ3v) is 1.48. The van der Waals surface area contributed by atoms with Gasteiger partial charge in [-0.2, -0.15) is 0 Å². The second-order valence-electron chi connectivity index (χ2n) is 2.72. The second kappa shape index (κ2) is 7.49. The zero-order chi connectivity index (χ0) is 9.40. The number of aliphatic hydroxyl groups is 2. The van der Waals surface area contributed by atoms with Crippen molar-refractivity contribution in [1.82, 2.24) is 0 Å². The molecule has 0 bridgehead atoms. The minimum Gasteiger partial charge on any atom is -0.396 e. The fraction of sp³-hybridized carbons (Fsp3) is 1.00. The fourth-order valence-corrected chi connectivity index (χ4v) is 0.949. The highest BCUT2D eigenvalue weighted by atomic mass is 16.5. The first-order valence-corrected chi connectivity index (χ1v) is 4.10. The van der Waals surface area contributed by atoms with Gasteiger partial charge >= 0.3 is 0 Å². The van der Waals surface area contributed by atoms with Crippen molar-refractivity contribution >= 4 is 0 Å². The Bertz CT molecular complexity index is 97.1. The average Bonchev–Trinajstić information content (AvgIpc) is 2.04. The quantitative estimate of drug-likeness (QED) is 0.566. The van der Waals surface area contributed by atoms with Gasteiger partial charge in [0.2, 0.25) is 0 Å². The van der Waals surface area contributed by atoms with Gasteiger partial charge in [0, 0.05) is 13.7 Å². The summed E-state index contributed by atoms with van der Waals surface area (Å²) in [4.78, 5) is 0. The molecule has 0 aromatic carbocycles. The van der Waals surface area contributed by atoms with Gasteiger partial charge in [0.05, 0.1) is 25.4 Å². The van der Waals surface area contributed by atoms with E-state index >= 15 is 0 Å². The van der Waals surface area contributed by atoms with Crippen LogP contribution in [-0.2, 0) is 9.47 Å². The summed E-state index contributed by atoms with van der Waals surface area (Å²) in [6.45, 7) is 2.34. The average molecular weight is 178 g/mol. The Morgan fingerprint density at radius 1 is 1.33 bits per heavy atom. The minimum atomic E-state index is -0.278. The molecule has 2 atom stereocenters. The lowest BCUT2D eigenvalue weighted by atomic mass is 10.2. The number of rotatable bonds is 7. The predicted octanol–water partition coefficient (Wildman–Crippen LogP) is -0.219. The summed E-state index contributed by atoms with van der Waals surface area (Å²) in [7, 11) is 1.60. The number of hydrogen-bond acceptors (Lipinski definition) is 4. The first kappa shape index (κ1) is 11.8. The number of ether oxygens (including phenoxy) is 2. The predicted molar refractivity (Wildman–Crippen MR) is 45.0 cm³/mol. The van der Waals surface area contributed by atoms with E-state index in [1.807, 2.05) is 6.92 Å². The molecule has 0 fully saturated rings. The van der Waals surface area contributed by atoms with Crippen molar-refractivity contribution in [1.29, 1.82) is 0 Å². The van der Waals surface area contributed by atoms with Crippen molar-refractivity contribution in [3.63, 3.8) is 0 Å². The molecule has 1 unspecified atom stereocenters. The van der Waals surface area contributed by atoms with E-state index in [9.17, 15) is 0 Å². The molecule has 0 aliphatic carbocycles. The highest BCUT2D eigenvalue weighted by molar-refractivity contribution is 4.58. The van der Waals surface area contributed by atoms with Crippen LogP contribution in [0.3, 0.4) is 0 Å². The van der Waals surface area contributed by atoms with Gasteiger partial charge in [-0.25, -0.2) is 0 Å². The van der Waals surface area contributed by atoms with Crippen molar-refractivity contribution in [2.75, 3.05) is 26.9 Å². The van der Waals surface area contributed by atoms with Gasteiger partial charge in [0.15, 0.2) is 0 Å². The lowest BCUT2D eigenvalue weighted by Gasteiger charge is -2.19. The molecule has 2 N–H and O–H groups in total. The maximum Gasteiger partial charge on any atom is 0.0832 e. The Kier molecular flexibility index (Phi) is 7.39. The van der Waals surface area contributed by atoms with Gasteiger partial charge in [0.1, 0.15) is 0 Å². The summed E-state index contributed by atoms with van der Waals surface area (Å²) in [6, 6.07) is 0. The normalized spacial score (nSPS) is 16.0. The van der Waals surface area contributed by atoms with E-state index in [2.05, 4.69) is 0 Å².